The van der Waals surface area contributed by atoms with Crippen molar-refractivity contribution in [1.82, 2.24) is 0 Å². The van der Waals surface area contributed by atoms with E-state index in [1.165, 1.54) is 57.8 Å². The van der Waals surface area contributed by atoms with Crippen LogP contribution in [-0.2, 0) is 9.47 Å². The van der Waals surface area contributed by atoms with Gasteiger partial charge in [0.1, 0.15) is 0 Å². The molecule has 2 saturated heterocycles. The van der Waals surface area contributed by atoms with E-state index in [2.05, 4.69) is 62.3 Å². The summed E-state index contributed by atoms with van der Waals surface area (Å²) in [5.74, 6) is 2.55. The number of rotatable bonds is 1. The lowest BCUT2D eigenvalue weighted by atomic mass is 10.2. The van der Waals surface area contributed by atoms with Gasteiger partial charge in [0.25, 0.3) is 0 Å². The van der Waals surface area contributed by atoms with Crippen LogP contribution in [0, 0.1) is 17.8 Å². The lowest BCUT2D eigenvalue weighted by molar-refractivity contribution is 0.0968. The van der Waals surface area contributed by atoms with Gasteiger partial charge in [0.05, 0.1) is 0 Å². The summed E-state index contributed by atoms with van der Waals surface area (Å²) in [5, 5.41) is 0. The largest absolute Gasteiger partial charge is 0.381 e. The molecule has 2 heteroatoms. The molecule has 3 rings (SSSR count). The Bertz CT molecular complexity index is 182. The minimum Gasteiger partial charge on any atom is -0.381 e. The summed E-state index contributed by atoms with van der Waals surface area (Å²) in [4.78, 5) is 0. The van der Waals surface area contributed by atoms with Crippen molar-refractivity contribution in [3.63, 3.8) is 0 Å². The van der Waals surface area contributed by atoms with Crippen LogP contribution in [0.2, 0.25) is 0 Å². The molecule has 35 heavy (non-hydrogen) atoms. The highest BCUT2D eigenvalue weighted by atomic mass is 16.5. The van der Waals surface area contributed by atoms with Gasteiger partial charge in [0, 0.05) is 26.4 Å². The summed E-state index contributed by atoms with van der Waals surface area (Å²) < 4.78 is 10.0. The van der Waals surface area contributed by atoms with E-state index in [1.54, 1.807) is 0 Å². The average Bonchev–Trinajstić information content (AvgIpc) is 3.59. The molecule has 2 heterocycles. The first-order valence-electron chi connectivity index (χ1n) is 14.9. The van der Waals surface area contributed by atoms with Crippen molar-refractivity contribution >= 4 is 0 Å². The van der Waals surface area contributed by atoms with E-state index in [0.717, 1.165) is 44.2 Å². The number of hydrogen-bond acceptors (Lipinski definition) is 2. The summed E-state index contributed by atoms with van der Waals surface area (Å²) in [7, 11) is 0. The molecule has 0 aromatic carbocycles. The van der Waals surface area contributed by atoms with Crippen LogP contribution < -0.4 is 0 Å². The highest BCUT2D eigenvalue weighted by Crippen LogP contribution is 2.14. The van der Waals surface area contributed by atoms with E-state index in [0.29, 0.717) is 0 Å². The van der Waals surface area contributed by atoms with Gasteiger partial charge in [-0.15, -0.1) is 0 Å². The van der Waals surface area contributed by atoms with Crippen molar-refractivity contribution in [2.45, 2.75) is 176 Å². The Hall–Kier alpha value is -0.0800. The third kappa shape index (κ3) is 178. The van der Waals surface area contributed by atoms with Crippen molar-refractivity contribution < 1.29 is 9.47 Å². The summed E-state index contributed by atoms with van der Waals surface area (Å²) in [5.41, 5.74) is 0. The third-order valence-corrected chi connectivity index (χ3v) is 3.07. The second-order valence-corrected chi connectivity index (χ2v) is 9.32. The topological polar surface area (TPSA) is 18.5 Å². The van der Waals surface area contributed by atoms with Crippen LogP contribution >= 0.6 is 0 Å². The lowest BCUT2D eigenvalue weighted by Crippen LogP contribution is -2.03. The highest BCUT2D eigenvalue weighted by Gasteiger charge is 1.95. The van der Waals surface area contributed by atoms with Gasteiger partial charge in [-0.25, -0.2) is 0 Å². The summed E-state index contributed by atoms with van der Waals surface area (Å²) in [6.07, 6.45) is 12.3. The van der Waals surface area contributed by atoms with Crippen LogP contribution in [0.4, 0.5) is 0 Å². The highest BCUT2D eigenvalue weighted by molar-refractivity contribution is 4.50. The minimum absolute atomic E-state index is 0. The van der Waals surface area contributed by atoms with E-state index in [1.807, 2.05) is 41.5 Å². The molecular formula is C33H82O2. The molecule has 2 nitrogen and oxygen atoms in total. The first-order valence-corrected chi connectivity index (χ1v) is 14.9. The van der Waals surface area contributed by atoms with E-state index in [9.17, 15) is 0 Å². The first kappa shape index (κ1) is 55.4. The molecular weight excluding hydrogens is 428 g/mol. The Labute approximate surface area is 230 Å². The molecule has 0 bridgehead atoms. The Kier molecular flexibility index (Phi) is 102. The second-order valence-electron chi connectivity index (χ2n) is 9.32. The quantitative estimate of drug-likeness (QED) is 0.349. The second kappa shape index (κ2) is 64.2. The maximum Gasteiger partial charge on any atom is 0.0466 e. The molecule has 226 valence electrons. The van der Waals surface area contributed by atoms with Crippen LogP contribution in [-0.4, -0.2) is 26.4 Å². The van der Waals surface area contributed by atoms with Crippen molar-refractivity contribution in [1.29, 1.82) is 0 Å². The van der Waals surface area contributed by atoms with Crippen LogP contribution in [0.5, 0.6) is 0 Å². The molecule has 3 fully saturated rings. The molecule has 0 N–H and O–H groups in total. The van der Waals surface area contributed by atoms with Gasteiger partial charge in [-0.2, -0.15) is 0 Å². The minimum atomic E-state index is 0. The van der Waals surface area contributed by atoms with Gasteiger partial charge in [0.15, 0.2) is 0 Å². The van der Waals surface area contributed by atoms with Crippen molar-refractivity contribution in [2.75, 3.05) is 26.4 Å². The maximum atomic E-state index is 5.07. The smallest absolute Gasteiger partial charge is 0.0466 e. The molecule has 0 aromatic heterocycles. The van der Waals surface area contributed by atoms with Gasteiger partial charge >= 0.3 is 0 Å². The Morgan fingerprint density at radius 2 is 0.571 bits per heavy atom. The predicted molar refractivity (Wildman–Crippen MR) is 172 cm³/mol. The molecule has 1 saturated carbocycles. The SMILES string of the molecule is C.C.C1CC1.C1CCOC1.C1CCOCC1.CC.CC.CC.CC(C)C.CC(C)C.CCC(C)C. The zero-order valence-electron chi connectivity index (χ0n) is 26.7. The summed E-state index contributed by atoms with van der Waals surface area (Å²) >= 11 is 0. The van der Waals surface area contributed by atoms with E-state index >= 15 is 0 Å². The molecule has 0 atom stereocenters. The fraction of sp³-hybridized carbons (Fsp3) is 1.00. The zero-order valence-corrected chi connectivity index (χ0v) is 26.7. The van der Waals surface area contributed by atoms with E-state index < -0.39 is 0 Å². The molecule has 0 amide bonds. The Morgan fingerprint density at radius 1 is 0.429 bits per heavy atom. The van der Waals surface area contributed by atoms with Crippen LogP contribution in [0.15, 0.2) is 0 Å². The van der Waals surface area contributed by atoms with Crippen LogP contribution in [0.1, 0.15) is 176 Å². The summed E-state index contributed by atoms with van der Waals surface area (Å²) in [6.45, 7) is 35.6. The predicted octanol–water partition coefficient (Wildman–Crippen LogP) is 12.9. The average molecular weight is 511 g/mol. The van der Waals surface area contributed by atoms with Gasteiger partial charge < -0.3 is 9.47 Å². The molecule has 0 unspecified atom stereocenters. The van der Waals surface area contributed by atoms with Gasteiger partial charge in [-0.1, -0.05) is 144 Å². The van der Waals surface area contributed by atoms with Gasteiger partial charge in [-0.05, 0) is 49.9 Å². The molecule has 0 spiro atoms. The zero-order chi connectivity index (χ0) is 27.3. The molecule has 2 aliphatic heterocycles. The van der Waals surface area contributed by atoms with Crippen molar-refractivity contribution in [3.8, 4) is 0 Å². The molecule has 3 aliphatic rings. The van der Waals surface area contributed by atoms with Crippen molar-refractivity contribution in [2.24, 2.45) is 17.8 Å². The Balaban J connectivity index is -0.0000000398. The normalized spacial score (nSPS) is 13.5. The molecule has 0 aromatic rings. The fourth-order valence-corrected chi connectivity index (χ4v) is 1.20. The summed E-state index contributed by atoms with van der Waals surface area (Å²) in [6, 6.07) is 0. The van der Waals surface area contributed by atoms with Gasteiger partial charge in [-0.3, -0.25) is 0 Å². The number of hydrogen-bond donors (Lipinski definition) is 0. The van der Waals surface area contributed by atoms with Crippen LogP contribution in [0.3, 0.4) is 0 Å². The van der Waals surface area contributed by atoms with E-state index in [-0.39, 0.29) is 14.9 Å². The maximum absolute atomic E-state index is 5.07. The van der Waals surface area contributed by atoms with E-state index in [4.69, 9.17) is 9.47 Å². The van der Waals surface area contributed by atoms with Gasteiger partial charge in [0.2, 0.25) is 0 Å². The Morgan fingerprint density at radius 3 is 0.629 bits per heavy atom. The number of ether oxygens (including phenoxy) is 2. The fourth-order valence-electron chi connectivity index (χ4n) is 1.20. The van der Waals surface area contributed by atoms with Crippen LogP contribution in [0.25, 0.3) is 0 Å². The molecule has 1 aliphatic carbocycles. The first-order chi connectivity index (χ1) is 15.7. The monoisotopic (exact) mass is 511 g/mol. The lowest BCUT2D eigenvalue weighted by Gasteiger charge is -2.08. The molecule has 0 radical (unpaired) electrons. The third-order valence-electron chi connectivity index (χ3n) is 3.07. The standard InChI is InChI=1S/C5H10O.C5H12.C4H8O.2C4H10.C3H6.3C2H6.2CH4/c1-2-4-6-5-3-1;1-4-5(2)3;1-2-4-5-3-1;2*1-4(2)3;1-2-3-1;3*1-2;;/h1-5H2;5H,4H2,1-3H3;1-4H2;2*4H,1-3H3;1-3H2;3*1-2H3;2*1H4. The van der Waals surface area contributed by atoms with Crippen molar-refractivity contribution in [3.05, 3.63) is 0 Å².